The Labute approximate surface area is 177 Å². The molecule has 0 aliphatic heterocycles. The van der Waals surface area contributed by atoms with Crippen molar-refractivity contribution in [3.8, 4) is 16.2 Å². The smallest absolute Gasteiger partial charge is 0.341 e. The predicted octanol–water partition coefficient (Wildman–Crippen LogP) is 4.39. The predicted molar refractivity (Wildman–Crippen MR) is 116 cm³/mol. The summed E-state index contributed by atoms with van der Waals surface area (Å²) in [6.07, 6.45) is 4.79. The van der Waals surface area contributed by atoms with Crippen LogP contribution in [0.25, 0.3) is 21.3 Å². The van der Waals surface area contributed by atoms with Gasteiger partial charge in [0.05, 0.1) is 24.1 Å². The zero-order chi connectivity index (χ0) is 21.2. The highest BCUT2D eigenvalue weighted by Gasteiger charge is 2.31. The van der Waals surface area contributed by atoms with Gasteiger partial charge >= 0.3 is 5.97 Å². The lowest BCUT2D eigenvalue weighted by molar-refractivity contribution is 0.0694. The van der Waals surface area contributed by atoms with E-state index in [2.05, 4.69) is 13.0 Å². The molecule has 1 saturated carbocycles. The minimum Gasteiger partial charge on any atom is -0.494 e. The van der Waals surface area contributed by atoms with E-state index in [0.717, 1.165) is 41.0 Å². The van der Waals surface area contributed by atoms with E-state index in [1.54, 1.807) is 24.5 Å². The quantitative estimate of drug-likeness (QED) is 0.647. The molecular formula is C23H23NO5S. The largest absolute Gasteiger partial charge is 0.494 e. The number of aromatic carboxylic acids is 1. The van der Waals surface area contributed by atoms with Crippen LogP contribution in [-0.2, 0) is 6.42 Å². The van der Waals surface area contributed by atoms with Crippen LogP contribution in [0, 0.1) is 5.92 Å². The van der Waals surface area contributed by atoms with Crippen LogP contribution >= 0.6 is 11.3 Å². The first kappa shape index (κ1) is 19.3. The number of nitrogens with zero attached hydrogens (tertiary/aromatic N) is 1. The van der Waals surface area contributed by atoms with Gasteiger partial charge in [0.25, 0.3) is 0 Å². The number of ether oxygens (including phenoxy) is 1. The number of aromatic nitrogens is 1. The molecule has 0 saturated heterocycles. The number of aliphatic hydroxyl groups is 1. The van der Waals surface area contributed by atoms with Gasteiger partial charge < -0.3 is 19.5 Å². The molecule has 0 bridgehead atoms. The van der Waals surface area contributed by atoms with Crippen LogP contribution < -0.4 is 10.2 Å². The maximum atomic E-state index is 12.8. The molecule has 156 valence electrons. The molecule has 1 aromatic carbocycles. The summed E-state index contributed by atoms with van der Waals surface area (Å²) < 4.78 is 7.70. The molecule has 5 rings (SSSR count). The normalized spacial score (nSPS) is 20.9. The van der Waals surface area contributed by atoms with Crippen LogP contribution in [0.15, 0.2) is 29.2 Å². The highest BCUT2D eigenvalue weighted by molar-refractivity contribution is 7.15. The van der Waals surface area contributed by atoms with Crippen molar-refractivity contribution in [3.63, 3.8) is 0 Å². The molecule has 0 spiro atoms. The minimum absolute atomic E-state index is 0.176. The van der Waals surface area contributed by atoms with Crippen molar-refractivity contribution in [3.05, 3.63) is 50.6 Å². The number of benzene rings is 1. The Hall–Kier alpha value is -2.64. The number of fused-ring (bicyclic) bond motifs is 2. The summed E-state index contributed by atoms with van der Waals surface area (Å²) in [4.78, 5) is 26.4. The number of thiophene rings is 1. The van der Waals surface area contributed by atoms with E-state index < -0.39 is 17.5 Å². The van der Waals surface area contributed by atoms with Gasteiger partial charge in [0.1, 0.15) is 5.56 Å². The zero-order valence-electron chi connectivity index (χ0n) is 16.8. The SMILES string of the molecule is COc1c(-c2cc3c(s2)[C@@H](O)[C@@H](C)CC3)ccc2c(=O)c(C(=O)O)cn(C3CC3)c12. The fourth-order valence-corrected chi connectivity index (χ4v) is 5.79. The van der Waals surface area contributed by atoms with Gasteiger partial charge in [0.2, 0.25) is 5.43 Å². The second-order valence-electron chi connectivity index (χ2n) is 8.32. The number of hydrogen-bond acceptors (Lipinski definition) is 5. The number of carbonyl (C=O) groups is 1. The first-order valence-electron chi connectivity index (χ1n) is 10.2. The monoisotopic (exact) mass is 425 g/mol. The molecule has 1 fully saturated rings. The summed E-state index contributed by atoms with van der Waals surface area (Å²) >= 11 is 1.57. The molecule has 2 N–H and O–H groups in total. The Morgan fingerprint density at radius 3 is 2.70 bits per heavy atom. The molecular weight excluding hydrogens is 402 g/mol. The highest BCUT2D eigenvalue weighted by Crippen LogP contribution is 2.47. The van der Waals surface area contributed by atoms with Crippen LogP contribution in [0.4, 0.5) is 0 Å². The summed E-state index contributed by atoms with van der Waals surface area (Å²) in [6, 6.07) is 5.83. The van der Waals surface area contributed by atoms with Gasteiger partial charge in [0, 0.05) is 27.6 Å². The fraction of sp³-hybridized carbons (Fsp3) is 0.391. The van der Waals surface area contributed by atoms with Gasteiger partial charge in [-0.1, -0.05) is 6.92 Å². The van der Waals surface area contributed by atoms with E-state index in [4.69, 9.17) is 4.74 Å². The third kappa shape index (κ3) is 2.87. The fourth-order valence-electron chi connectivity index (χ4n) is 4.43. The Balaban J connectivity index is 1.77. The molecule has 0 amide bonds. The number of methoxy groups -OCH3 is 1. The lowest BCUT2D eigenvalue weighted by Crippen LogP contribution is -2.19. The number of pyridine rings is 1. The summed E-state index contributed by atoms with van der Waals surface area (Å²) in [5.41, 5.74) is 1.97. The van der Waals surface area contributed by atoms with E-state index in [0.29, 0.717) is 16.7 Å². The van der Waals surface area contributed by atoms with Crippen molar-refractivity contribution >= 4 is 28.2 Å². The van der Waals surface area contributed by atoms with Crippen molar-refractivity contribution in [1.29, 1.82) is 0 Å². The molecule has 2 aliphatic rings. The number of hydrogen-bond donors (Lipinski definition) is 2. The maximum absolute atomic E-state index is 12.8. The average molecular weight is 426 g/mol. The van der Waals surface area contributed by atoms with Gasteiger partial charge in [-0.2, -0.15) is 0 Å². The standard InChI is InChI=1S/C23H23NO5S/c1-11-3-4-12-9-17(30-22(12)19(11)25)14-7-8-15-18(21(14)29-2)24(13-5-6-13)10-16(20(15)26)23(27)28/h7-11,13,19,25H,3-6H2,1-2H3,(H,27,28)/t11-,19-/m0/s1. The van der Waals surface area contributed by atoms with Crippen molar-refractivity contribution < 1.29 is 19.7 Å². The summed E-state index contributed by atoms with van der Waals surface area (Å²) in [7, 11) is 1.58. The Morgan fingerprint density at radius 2 is 2.03 bits per heavy atom. The van der Waals surface area contributed by atoms with Crippen molar-refractivity contribution in [1.82, 2.24) is 4.57 Å². The molecule has 2 aliphatic carbocycles. The molecule has 0 unspecified atom stereocenters. The lowest BCUT2D eigenvalue weighted by Gasteiger charge is -2.24. The van der Waals surface area contributed by atoms with Crippen LogP contribution in [0.1, 0.15) is 59.1 Å². The number of rotatable bonds is 4. The lowest BCUT2D eigenvalue weighted by atomic mass is 9.88. The van der Waals surface area contributed by atoms with Gasteiger partial charge in [-0.05, 0) is 55.4 Å². The first-order chi connectivity index (χ1) is 14.4. The maximum Gasteiger partial charge on any atom is 0.341 e. The van der Waals surface area contributed by atoms with Crippen molar-refractivity contribution in [2.75, 3.05) is 7.11 Å². The molecule has 3 aromatic rings. The van der Waals surface area contributed by atoms with Crippen LogP contribution in [-0.4, -0.2) is 27.9 Å². The molecule has 2 heterocycles. The molecule has 7 heteroatoms. The van der Waals surface area contributed by atoms with Gasteiger partial charge in [0.15, 0.2) is 5.75 Å². The Bertz CT molecular complexity index is 1240. The van der Waals surface area contributed by atoms with Gasteiger partial charge in [-0.25, -0.2) is 4.79 Å². The third-order valence-electron chi connectivity index (χ3n) is 6.31. The first-order valence-corrected chi connectivity index (χ1v) is 11.0. The van der Waals surface area contributed by atoms with Crippen molar-refractivity contribution in [2.45, 2.75) is 44.8 Å². The average Bonchev–Trinajstić information content (AvgIpc) is 3.48. The van der Waals surface area contributed by atoms with Gasteiger partial charge in [-0.15, -0.1) is 11.3 Å². The van der Waals surface area contributed by atoms with E-state index in [9.17, 15) is 19.8 Å². The highest BCUT2D eigenvalue weighted by atomic mass is 32.1. The van der Waals surface area contributed by atoms with Crippen molar-refractivity contribution in [2.24, 2.45) is 5.92 Å². The Morgan fingerprint density at radius 1 is 1.27 bits per heavy atom. The zero-order valence-corrected chi connectivity index (χ0v) is 17.7. The summed E-state index contributed by atoms with van der Waals surface area (Å²) in [5.74, 6) is -0.403. The molecule has 2 atom stereocenters. The summed E-state index contributed by atoms with van der Waals surface area (Å²) in [5, 5.41) is 20.5. The van der Waals surface area contributed by atoms with E-state index >= 15 is 0 Å². The van der Waals surface area contributed by atoms with Gasteiger partial charge in [-0.3, -0.25) is 4.79 Å². The minimum atomic E-state index is -1.21. The number of aryl methyl sites for hydroxylation is 1. The Kier molecular flexibility index (Phi) is 4.48. The second kappa shape index (κ2) is 6.96. The second-order valence-corrected chi connectivity index (χ2v) is 9.40. The van der Waals surface area contributed by atoms with Crippen LogP contribution in [0.2, 0.25) is 0 Å². The van der Waals surface area contributed by atoms with E-state index in [-0.39, 0.29) is 17.5 Å². The molecule has 6 nitrogen and oxygen atoms in total. The molecule has 30 heavy (non-hydrogen) atoms. The van der Waals surface area contributed by atoms with Crippen LogP contribution in [0.3, 0.4) is 0 Å². The molecule has 0 radical (unpaired) electrons. The van der Waals surface area contributed by atoms with Crippen LogP contribution in [0.5, 0.6) is 5.75 Å². The number of aliphatic hydroxyl groups excluding tert-OH is 1. The topological polar surface area (TPSA) is 88.8 Å². The van der Waals surface area contributed by atoms with E-state index in [1.165, 1.54) is 11.8 Å². The number of carboxylic acids is 1. The molecule has 2 aromatic heterocycles. The number of carboxylic acid groups (broad SMARTS) is 1. The third-order valence-corrected chi connectivity index (χ3v) is 7.59. The summed E-state index contributed by atoms with van der Waals surface area (Å²) in [6.45, 7) is 2.07. The van der Waals surface area contributed by atoms with E-state index in [1.807, 2.05) is 10.6 Å².